The molecule has 0 fully saturated rings. The minimum Gasteiger partial charge on any atom is -0.494 e. The molecule has 1 rings (SSSR count). The van der Waals surface area contributed by atoms with E-state index in [-0.39, 0.29) is 0 Å². The van der Waals surface area contributed by atoms with Crippen LogP contribution in [-0.2, 0) is 0 Å². The SMILES string of the molecule is COc1cccc(OC)c1N(S)C(N)=O. The van der Waals surface area contributed by atoms with Crippen molar-refractivity contribution >= 4 is 24.5 Å². The average molecular weight is 228 g/mol. The van der Waals surface area contributed by atoms with Gasteiger partial charge < -0.3 is 15.2 Å². The maximum atomic E-state index is 11.0. The van der Waals surface area contributed by atoms with Gasteiger partial charge in [-0.2, -0.15) is 0 Å². The van der Waals surface area contributed by atoms with E-state index in [2.05, 4.69) is 12.8 Å². The van der Waals surface area contributed by atoms with E-state index in [0.29, 0.717) is 17.2 Å². The molecule has 5 nitrogen and oxygen atoms in total. The highest BCUT2D eigenvalue weighted by Crippen LogP contribution is 2.38. The van der Waals surface area contributed by atoms with Crippen molar-refractivity contribution in [2.75, 3.05) is 18.5 Å². The normalized spacial score (nSPS) is 9.53. The van der Waals surface area contributed by atoms with Crippen LogP contribution in [0.4, 0.5) is 10.5 Å². The van der Waals surface area contributed by atoms with Gasteiger partial charge in [-0.25, -0.2) is 9.10 Å². The monoisotopic (exact) mass is 228 g/mol. The summed E-state index contributed by atoms with van der Waals surface area (Å²) >= 11 is 3.96. The van der Waals surface area contributed by atoms with Crippen LogP contribution < -0.4 is 19.5 Å². The van der Waals surface area contributed by atoms with Crippen molar-refractivity contribution in [1.82, 2.24) is 0 Å². The Balaban J connectivity index is 3.27. The van der Waals surface area contributed by atoms with Crippen molar-refractivity contribution in [1.29, 1.82) is 0 Å². The molecule has 1 aromatic carbocycles. The van der Waals surface area contributed by atoms with Crippen LogP contribution in [-0.4, -0.2) is 20.3 Å². The Bertz CT molecular complexity index is 348. The number of methoxy groups -OCH3 is 2. The number of primary amides is 1. The summed E-state index contributed by atoms with van der Waals surface area (Å²) in [7, 11) is 2.97. The number of anilines is 1. The number of rotatable bonds is 3. The first-order valence-corrected chi connectivity index (χ1v) is 4.51. The predicted molar refractivity (Wildman–Crippen MR) is 60.6 cm³/mol. The Kier molecular flexibility index (Phi) is 3.68. The molecular weight excluding hydrogens is 216 g/mol. The van der Waals surface area contributed by atoms with Crippen molar-refractivity contribution in [3.05, 3.63) is 18.2 Å². The molecule has 0 saturated heterocycles. The Hall–Kier alpha value is -1.56. The topological polar surface area (TPSA) is 64.8 Å². The lowest BCUT2D eigenvalue weighted by Crippen LogP contribution is -2.27. The molecule has 0 aliphatic carbocycles. The number of carbonyl (C=O) groups excluding carboxylic acids is 1. The Labute approximate surface area is 93.3 Å². The first-order valence-electron chi connectivity index (χ1n) is 4.11. The van der Waals surface area contributed by atoms with Gasteiger partial charge in [0.05, 0.1) is 14.2 Å². The van der Waals surface area contributed by atoms with Crippen LogP contribution in [0.2, 0.25) is 0 Å². The third-order valence-corrected chi connectivity index (χ3v) is 2.22. The highest BCUT2D eigenvalue weighted by atomic mass is 32.1. The molecule has 0 saturated carbocycles. The van der Waals surface area contributed by atoms with Gasteiger partial charge in [-0.15, -0.1) is 0 Å². The molecule has 0 aliphatic rings. The van der Waals surface area contributed by atoms with Crippen molar-refractivity contribution in [3.8, 4) is 11.5 Å². The molecule has 2 amide bonds. The highest BCUT2D eigenvalue weighted by Gasteiger charge is 2.18. The second-order valence-corrected chi connectivity index (χ2v) is 3.06. The molecule has 82 valence electrons. The van der Waals surface area contributed by atoms with E-state index in [1.165, 1.54) is 14.2 Å². The fourth-order valence-electron chi connectivity index (χ4n) is 1.15. The number of amides is 2. The quantitative estimate of drug-likeness (QED) is 0.769. The average Bonchev–Trinajstić information content (AvgIpc) is 2.26. The van der Waals surface area contributed by atoms with E-state index in [1.807, 2.05) is 0 Å². The van der Waals surface area contributed by atoms with Gasteiger partial charge in [0.15, 0.2) is 0 Å². The highest BCUT2D eigenvalue weighted by molar-refractivity contribution is 7.82. The summed E-state index contributed by atoms with van der Waals surface area (Å²) in [5, 5.41) is 0. The first-order chi connectivity index (χ1) is 7.11. The van der Waals surface area contributed by atoms with Crippen LogP contribution in [0.15, 0.2) is 18.2 Å². The number of para-hydroxylation sites is 1. The fourth-order valence-corrected chi connectivity index (χ4v) is 1.35. The maximum absolute atomic E-state index is 11.0. The smallest absolute Gasteiger partial charge is 0.329 e. The molecule has 0 aliphatic heterocycles. The Morgan fingerprint density at radius 3 is 2.13 bits per heavy atom. The number of nitrogens with two attached hydrogens (primary N) is 1. The van der Waals surface area contributed by atoms with E-state index in [9.17, 15) is 4.79 Å². The second-order valence-electron chi connectivity index (χ2n) is 2.66. The third-order valence-electron chi connectivity index (χ3n) is 1.82. The molecule has 0 radical (unpaired) electrons. The molecule has 0 spiro atoms. The molecule has 0 unspecified atom stereocenters. The number of hydrogen-bond donors (Lipinski definition) is 2. The molecule has 0 bridgehead atoms. The standard InChI is InChI=1S/C9H12N2O3S/c1-13-6-4-3-5-7(14-2)8(6)11(15)9(10)12/h3-5,15H,1-2H3,(H2,10,12). The van der Waals surface area contributed by atoms with Crippen LogP contribution in [0, 0.1) is 0 Å². The molecule has 1 aromatic rings. The van der Waals surface area contributed by atoms with E-state index < -0.39 is 6.03 Å². The fraction of sp³-hybridized carbons (Fsp3) is 0.222. The van der Waals surface area contributed by atoms with Gasteiger partial charge in [0.25, 0.3) is 0 Å². The minimum absolute atomic E-state index is 0.387. The number of nitrogens with zero attached hydrogens (tertiary/aromatic N) is 1. The van der Waals surface area contributed by atoms with E-state index in [0.717, 1.165) is 4.31 Å². The number of carbonyl (C=O) groups is 1. The van der Waals surface area contributed by atoms with Gasteiger partial charge in [-0.1, -0.05) is 18.9 Å². The van der Waals surface area contributed by atoms with Crippen molar-refractivity contribution in [3.63, 3.8) is 0 Å². The Morgan fingerprint density at radius 2 is 1.80 bits per heavy atom. The van der Waals surface area contributed by atoms with Gasteiger partial charge in [0.2, 0.25) is 0 Å². The lowest BCUT2D eigenvalue weighted by atomic mass is 10.2. The van der Waals surface area contributed by atoms with Crippen molar-refractivity contribution in [2.24, 2.45) is 5.73 Å². The molecule has 2 N–H and O–H groups in total. The van der Waals surface area contributed by atoms with Gasteiger partial charge in [0, 0.05) is 0 Å². The summed E-state index contributed by atoms with van der Waals surface area (Å²) in [6, 6.07) is 4.40. The number of urea groups is 1. The first kappa shape index (κ1) is 11.5. The molecular formula is C9H12N2O3S. The van der Waals surface area contributed by atoms with Gasteiger partial charge in [-0.3, -0.25) is 0 Å². The summed E-state index contributed by atoms with van der Waals surface area (Å²) in [6.07, 6.45) is 0. The minimum atomic E-state index is -0.707. The largest absolute Gasteiger partial charge is 0.494 e. The maximum Gasteiger partial charge on any atom is 0.329 e. The van der Waals surface area contributed by atoms with Gasteiger partial charge in [0.1, 0.15) is 17.2 Å². The zero-order chi connectivity index (χ0) is 11.4. The third kappa shape index (κ3) is 2.27. The predicted octanol–water partition coefficient (Wildman–Crippen LogP) is 1.43. The molecule has 0 atom stereocenters. The molecule has 6 heteroatoms. The second kappa shape index (κ2) is 4.79. The summed E-state index contributed by atoms with van der Waals surface area (Å²) in [5.74, 6) is 0.923. The van der Waals surface area contributed by atoms with E-state index >= 15 is 0 Å². The number of ether oxygens (including phenoxy) is 2. The zero-order valence-electron chi connectivity index (χ0n) is 8.43. The van der Waals surface area contributed by atoms with Crippen molar-refractivity contribution < 1.29 is 14.3 Å². The Morgan fingerprint density at radius 1 is 1.33 bits per heavy atom. The van der Waals surface area contributed by atoms with Crippen LogP contribution in [0.25, 0.3) is 0 Å². The van der Waals surface area contributed by atoms with Gasteiger partial charge in [-0.05, 0) is 12.1 Å². The summed E-state index contributed by atoms with van der Waals surface area (Å²) < 4.78 is 11.1. The van der Waals surface area contributed by atoms with Crippen LogP contribution in [0.5, 0.6) is 11.5 Å². The lowest BCUT2D eigenvalue weighted by Gasteiger charge is -2.18. The van der Waals surface area contributed by atoms with Crippen LogP contribution in [0.3, 0.4) is 0 Å². The summed E-state index contributed by atoms with van der Waals surface area (Å²) in [6.45, 7) is 0. The number of benzene rings is 1. The summed E-state index contributed by atoms with van der Waals surface area (Å²) in [5.41, 5.74) is 5.50. The zero-order valence-corrected chi connectivity index (χ0v) is 9.32. The van der Waals surface area contributed by atoms with E-state index in [4.69, 9.17) is 15.2 Å². The molecule has 0 heterocycles. The van der Waals surface area contributed by atoms with Crippen molar-refractivity contribution in [2.45, 2.75) is 0 Å². The molecule has 15 heavy (non-hydrogen) atoms. The van der Waals surface area contributed by atoms with Crippen LogP contribution in [0.1, 0.15) is 0 Å². The van der Waals surface area contributed by atoms with E-state index in [1.54, 1.807) is 18.2 Å². The lowest BCUT2D eigenvalue weighted by molar-refractivity contribution is 0.257. The molecule has 0 aromatic heterocycles. The number of hydrogen-bond acceptors (Lipinski definition) is 4. The van der Waals surface area contributed by atoms with Crippen LogP contribution >= 0.6 is 12.8 Å². The summed E-state index contributed by atoms with van der Waals surface area (Å²) in [4.78, 5) is 11.0. The number of thiol groups is 1. The van der Waals surface area contributed by atoms with Gasteiger partial charge >= 0.3 is 6.03 Å².